The highest BCUT2D eigenvalue weighted by atomic mass is 19.1. The molecule has 6 nitrogen and oxygen atoms in total. The van der Waals surface area contributed by atoms with Crippen LogP contribution < -0.4 is 16.8 Å². The van der Waals surface area contributed by atoms with Crippen LogP contribution in [0.4, 0.5) is 22.0 Å². The van der Waals surface area contributed by atoms with Gasteiger partial charge in [0.25, 0.3) is 0 Å². The number of fused-ring (bicyclic) bond motifs is 1. The lowest BCUT2D eigenvalue weighted by Gasteiger charge is -2.26. The summed E-state index contributed by atoms with van der Waals surface area (Å²) in [7, 11) is 0. The van der Waals surface area contributed by atoms with Crippen LogP contribution in [-0.2, 0) is 4.79 Å². The molecule has 3 rings (SSSR count). The van der Waals surface area contributed by atoms with E-state index in [4.69, 9.17) is 11.5 Å². The minimum Gasteiger partial charge on any atom is -0.383 e. The van der Waals surface area contributed by atoms with Crippen molar-refractivity contribution in [2.24, 2.45) is 0 Å². The molecule has 1 unspecified atom stereocenters. The van der Waals surface area contributed by atoms with E-state index in [9.17, 15) is 9.18 Å². The largest absolute Gasteiger partial charge is 0.383 e. The molecule has 0 bridgehead atoms. The fourth-order valence-corrected chi connectivity index (χ4v) is 2.44. The number of halogens is 1. The molecule has 1 aliphatic heterocycles. The summed E-state index contributed by atoms with van der Waals surface area (Å²) in [5.41, 5.74) is 12.3. The zero-order chi connectivity index (χ0) is 14.3. The molecule has 7 heteroatoms. The molecule has 1 aliphatic rings. The second kappa shape index (κ2) is 4.44. The van der Waals surface area contributed by atoms with Crippen molar-refractivity contribution < 1.29 is 9.18 Å². The first-order chi connectivity index (χ1) is 9.56. The van der Waals surface area contributed by atoms with Gasteiger partial charge in [-0.15, -0.1) is 0 Å². The number of carbonyl (C=O) groups is 1. The number of nitrogens with zero attached hydrogens (tertiary/aromatic N) is 2. The van der Waals surface area contributed by atoms with Crippen LogP contribution in [0.25, 0.3) is 0 Å². The summed E-state index contributed by atoms with van der Waals surface area (Å²) in [4.78, 5) is 19.6. The Hall–Kier alpha value is -2.70. The van der Waals surface area contributed by atoms with E-state index in [2.05, 4.69) is 15.3 Å². The number of anilines is 3. The van der Waals surface area contributed by atoms with Gasteiger partial charge in [0.15, 0.2) is 0 Å². The fourth-order valence-electron chi connectivity index (χ4n) is 2.44. The summed E-state index contributed by atoms with van der Waals surface area (Å²) >= 11 is 0. The van der Waals surface area contributed by atoms with E-state index < -0.39 is 11.7 Å². The maximum atomic E-state index is 14.0. The second-order valence-corrected chi connectivity index (χ2v) is 4.56. The van der Waals surface area contributed by atoms with Crippen LogP contribution >= 0.6 is 0 Å². The quantitative estimate of drug-likeness (QED) is 0.725. The van der Waals surface area contributed by atoms with Crippen LogP contribution in [-0.4, -0.2) is 15.9 Å². The maximum Gasteiger partial charge on any atom is 0.226 e. The van der Waals surface area contributed by atoms with Crippen LogP contribution in [0, 0.1) is 5.82 Å². The first kappa shape index (κ1) is 12.3. The SMILES string of the molecule is Nc1nc(N)c2c(n1)NC(=O)CC2c1ccccc1F. The van der Waals surface area contributed by atoms with Crippen LogP contribution in [0.3, 0.4) is 0 Å². The Bertz CT molecular complexity index is 703. The Morgan fingerprint density at radius 1 is 1.25 bits per heavy atom. The summed E-state index contributed by atoms with van der Waals surface area (Å²) in [6, 6.07) is 6.26. The standard InChI is InChI=1S/C13H12FN5O/c14-8-4-2-1-3-6(8)7-5-9(20)17-12-10(7)11(15)18-13(16)19-12/h1-4,7H,5H2,(H5,15,16,17,18,19,20). The average Bonchev–Trinajstić information content (AvgIpc) is 2.37. The molecule has 1 amide bonds. The highest BCUT2D eigenvalue weighted by molar-refractivity contribution is 5.95. The van der Waals surface area contributed by atoms with E-state index in [1.165, 1.54) is 6.07 Å². The molecule has 0 saturated carbocycles. The van der Waals surface area contributed by atoms with Crippen molar-refractivity contribution in [1.29, 1.82) is 0 Å². The number of nitrogens with one attached hydrogen (secondary N) is 1. The predicted molar refractivity (Wildman–Crippen MR) is 72.3 cm³/mol. The lowest BCUT2D eigenvalue weighted by atomic mass is 9.86. The molecule has 20 heavy (non-hydrogen) atoms. The third kappa shape index (κ3) is 1.93. The van der Waals surface area contributed by atoms with E-state index in [-0.39, 0.29) is 29.9 Å². The number of hydrogen-bond acceptors (Lipinski definition) is 5. The maximum absolute atomic E-state index is 14.0. The monoisotopic (exact) mass is 273 g/mol. The molecule has 0 aliphatic carbocycles. The number of nitrogen functional groups attached to an aromatic ring is 2. The van der Waals surface area contributed by atoms with Gasteiger partial charge in [0.1, 0.15) is 17.5 Å². The van der Waals surface area contributed by atoms with Crippen LogP contribution in [0.15, 0.2) is 24.3 Å². The molecule has 2 heterocycles. The van der Waals surface area contributed by atoms with Crippen molar-refractivity contribution >= 4 is 23.5 Å². The molecule has 2 aromatic rings. The highest BCUT2D eigenvalue weighted by Crippen LogP contribution is 2.39. The summed E-state index contributed by atoms with van der Waals surface area (Å²) in [5.74, 6) is -0.797. The number of benzene rings is 1. The van der Waals surface area contributed by atoms with Crippen LogP contribution in [0.5, 0.6) is 0 Å². The van der Waals surface area contributed by atoms with Gasteiger partial charge in [-0.1, -0.05) is 18.2 Å². The minimum atomic E-state index is -0.513. The molecule has 0 fully saturated rings. The van der Waals surface area contributed by atoms with E-state index >= 15 is 0 Å². The Balaban J connectivity index is 2.20. The molecular weight excluding hydrogens is 261 g/mol. The summed E-state index contributed by atoms with van der Waals surface area (Å²) < 4.78 is 14.0. The molecule has 0 saturated heterocycles. The third-order valence-corrected chi connectivity index (χ3v) is 3.27. The van der Waals surface area contributed by atoms with Gasteiger partial charge in [0.05, 0.1) is 0 Å². The normalized spacial score (nSPS) is 17.4. The molecule has 1 aromatic carbocycles. The number of carbonyl (C=O) groups excluding carboxylic acids is 1. The Kier molecular flexibility index (Phi) is 2.74. The first-order valence-electron chi connectivity index (χ1n) is 6.03. The van der Waals surface area contributed by atoms with Gasteiger partial charge in [-0.05, 0) is 11.6 Å². The van der Waals surface area contributed by atoms with Crippen molar-refractivity contribution in [3.05, 3.63) is 41.2 Å². The number of aromatic nitrogens is 2. The third-order valence-electron chi connectivity index (χ3n) is 3.27. The van der Waals surface area contributed by atoms with Gasteiger partial charge in [0.2, 0.25) is 11.9 Å². The van der Waals surface area contributed by atoms with E-state index in [1.54, 1.807) is 18.2 Å². The molecule has 1 aromatic heterocycles. The number of rotatable bonds is 1. The first-order valence-corrected chi connectivity index (χ1v) is 6.03. The molecule has 102 valence electrons. The summed E-state index contributed by atoms with van der Waals surface area (Å²) in [6.07, 6.45) is 0.0887. The second-order valence-electron chi connectivity index (χ2n) is 4.56. The molecule has 5 N–H and O–H groups in total. The van der Waals surface area contributed by atoms with Crippen molar-refractivity contribution in [1.82, 2.24) is 9.97 Å². The zero-order valence-electron chi connectivity index (χ0n) is 10.4. The van der Waals surface area contributed by atoms with E-state index in [0.717, 1.165) is 0 Å². The van der Waals surface area contributed by atoms with Gasteiger partial charge in [-0.25, -0.2) is 4.39 Å². The number of hydrogen-bond donors (Lipinski definition) is 3. The van der Waals surface area contributed by atoms with Gasteiger partial charge in [-0.3, -0.25) is 4.79 Å². The van der Waals surface area contributed by atoms with Gasteiger partial charge in [-0.2, -0.15) is 9.97 Å². The number of amides is 1. The Labute approximate surface area is 114 Å². The topological polar surface area (TPSA) is 107 Å². The highest BCUT2D eigenvalue weighted by Gasteiger charge is 2.32. The minimum absolute atomic E-state index is 0.0317. The Morgan fingerprint density at radius 3 is 2.75 bits per heavy atom. The molecule has 0 spiro atoms. The average molecular weight is 273 g/mol. The van der Waals surface area contributed by atoms with Crippen LogP contribution in [0.1, 0.15) is 23.5 Å². The molecule has 0 radical (unpaired) electrons. The van der Waals surface area contributed by atoms with E-state index in [0.29, 0.717) is 11.1 Å². The Morgan fingerprint density at radius 2 is 2.00 bits per heavy atom. The fraction of sp³-hybridized carbons (Fsp3) is 0.154. The number of nitrogens with two attached hydrogens (primary N) is 2. The molecular formula is C13H12FN5O. The van der Waals surface area contributed by atoms with Gasteiger partial charge < -0.3 is 16.8 Å². The van der Waals surface area contributed by atoms with Crippen LogP contribution in [0.2, 0.25) is 0 Å². The lowest BCUT2D eigenvalue weighted by Crippen LogP contribution is -2.27. The van der Waals surface area contributed by atoms with Gasteiger partial charge >= 0.3 is 0 Å². The van der Waals surface area contributed by atoms with Gasteiger partial charge in [0, 0.05) is 17.9 Å². The lowest BCUT2D eigenvalue weighted by molar-refractivity contribution is -0.116. The summed E-state index contributed by atoms with van der Waals surface area (Å²) in [5, 5.41) is 2.59. The predicted octanol–water partition coefficient (Wildman–Crippen LogP) is 1.25. The summed E-state index contributed by atoms with van der Waals surface area (Å²) in [6.45, 7) is 0. The zero-order valence-corrected chi connectivity index (χ0v) is 10.4. The van der Waals surface area contributed by atoms with Crippen molar-refractivity contribution in [3.63, 3.8) is 0 Å². The van der Waals surface area contributed by atoms with E-state index in [1.807, 2.05) is 0 Å². The van der Waals surface area contributed by atoms with Crippen molar-refractivity contribution in [2.75, 3.05) is 16.8 Å². The van der Waals surface area contributed by atoms with Crippen molar-refractivity contribution in [3.8, 4) is 0 Å². The van der Waals surface area contributed by atoms with Crippen molar-refractivity contribution in [2.45, 2.75) is 12.3 Å². The molecule has 1 atom stereocenters. The smallest absolute Gasteiger partial charge is 0.226 e.